The predicted molar refractivity (Wildman–Crippen MR) is 67.4 cm³/mol. The molecule has 1 rings (SSSR count). The van der Waals surface area contributed by atoms with E-state index in [9.17, 15) is 13.6 Å². The van der Waals surface area contributed by atoms with Crippen molar-refractivity contribution >= 4 is 11.6 Å². The van der Waals surface area contributed by atoms with Gasteiger partial charge in [0.15, 0.2) is 5.82 Å². The highest BCUT2D eigenvalue weighted by atomic mass is 19.1. The van der Waals surface area contributed by atoms with Gasteiger partial charge in [0.1, 0.15) is 17.5 Å². The predicted octanol–water partition coefficient (Wildman–Crippen LogP) is 2.38. The molecule has 0 saturated heterocycles. The van der Waals surface area contributed by atoms with Crippen LogP contribution >= 0.6 is 0 Å². The van der Waals surface area contributed by atoms with Gasteiger partial charge in [0.2, 0.25) is 5.91 Å². The van der Waals surface area contributed by atoms with Gasteiger partial charge in [-0.2, -0.15) is 0 Å². The Morgan fingerprint density at radius 2 is 2.17 bits per heavy atom. The van der Waals surface area contributed by atoms with Gasteiger partial charge in [-0.1, -0.05) is 12.1 Å². The molecule has 0 aliphatic rings. The van der Waals surface area contributed by atoms with Gasteiger partial charge in [0.25, 0.3) is 0 Å². The van der Waals surface area contributed by atoms with Gasteiger partial charge in [-0.3, -0.25) is 4.79 Å². The number of aryl methyl sites for hydroxylation is 1. The summed E-state index contributed by atoms with van der Waals surface area (Å²) in [6.45, 7) is 6.83. The zero-order chi connectivity index (χ0) is 13.7. The molecule has 0 heterocycles. The summed E-state index contributed by atoms with van der Waals surface area (Å²) < 4.78 is 27.1. The van der Waals surface area contributed by atoms with Gasteiger partial charge in [-0.25, -0.2) is 8.78 Å². The molecule has 18 heavy (non-hydrogen) atoms. The number of anilines is 1. The monoisotopic (exact) mass is 254 g/mol. The summed E-state index contributed by atoms with van der Waals surface area (Å²) in [5, 5.41) is 5.07. The standard InChI is InChI=1S/C13H16F2N2O/c1-4-7-16-13(18)9(3)17-12-10(14)6-5-8(2)11(12)15/h4-6,9,17H,1,7H2,2-3H3,(H,16,18). The molecule has 0 spiro atoms. The first kappa shape index (κ1) is 14.2. The summed E-state index contributed by atoms with van der Waals surface area (Å²) in [4.78, 5) is 11.5. The zero-order valence-corrected chi connectivity index (χ0v) is 10.4. The van der Waals surface area contributed by atoms with Crippen LogP contribution in [0.3, 0.4) is 0 Å². The van der Waals surface area contributed by atoms with Crippen LogP contribution in [-0.4, -0.2) is 18.5 Å². The highest BCUT2D eigenvalue weighted by Gasteiger charge is 2.17. The molecule has 3 nitrogen and oxygen atoms in total. The summed E-state index contributed by atoms with van der Waals surface area (Å²) in [6, 6.07) is 1.77. The number of rotatable bonds is 5. The van der Waals surface area contributed by atoms with Crippen molar-refractivity contribution in [2.24, 2.45) is 0 Å². The number of carbonyl (C=O) groups is 1. The Morgan fingerprint density at radius 3 is 2.78 bits per heavy atom. The van der Waals surface area contributed by atoms with Crippen LogP contribution in [-0.2, 0) is 4.79 Å². The van der Waals surface area contributed by atoms with E-state index in [2.05, 4.69) is 17.2 Å². The first-order valence-corrected chi connectivity index (χ1v) is 5.57. The molecule has 1 amide bonds. The first-order valence-electron chi connectivity index (χ1n) is 5.57. The Balaban J connectivity index is 2.81. The van der Waals surface area contributed by atoms with Crippen molar-refractivity contribution < 1.29 is 13.6 Å². The third-order valence-electron chi connectivity index (χ3n) is 2.46. The lowest BCUT2D eigenvalue weighted by atomic mass is 10.1. The molecule has 0 aliphatic heterocycles. The molecule has 0 radical (unpaired) electrons. The van der Waals surface area contributed by atoms with Crippen LogP contribution in [0, 0.1) is 18.6 Å². The Kier molecular flexibility index (Phi) is 4.83. The zero-order valence-electron chi connectivity index (χ0n) is 10.4. The Hall–Kier alpha value is -1.91. The Labute approximate surface area is 105 Å². The molecule has 1 unspecified atom stereocenters. The Bertz CT molecular complexity index is 461. The number of nitrogens with one attached hydrogen (secondary N) is 2. The maximum absolute atomic E-state index is 13.7. The van der Waals surface area contributed by atoms with Crippen molar-refractivity contribution in [3.63, 3.8) is 0 Å². The molecule has 1 atom stereocenters. The smallest absolute Gasteiger partial charge is 0.242 e. The SMILES string of the molecule is C=CCNC(=O)C(C)Nc1c(F)ccc(C)c1F. The quantitative estimate of drug-likeness (QED) is 0.792. The molecule has 1 aromatic rings. The number of hydrogen-bond acceptors (Lipinski definition) is 2. The van der Waals surface area contributed by atoms with Crippen LogP contribution in [0.4, 0.5) is 14.5 Å². The summed E-state index contributed by atoms with van der Waals surface area (Å²) in [6.07, 6.45) is 1.53. The molecule has 0 aromatic heterocycles. The minimum atomic E-state index is -0.740. The molecule has 98 valence electrons. The number of amides is 1. The fourth-order valence-corrected chi connectivity index (χ4v) is 1.40. The van der Waals surface area contributed by atoms with E-state index in [1.807, 2.05) is 0 Å². The number of benzene rings is 1. The van der Waals surface area contributed by atoms with E-state index in [-0.39, 0.29) is 11.6 Å². The lowest BCUT2D eigenvalue weighted by Crippen LogP contribution is -2.38. The second-order valence-electron chi connectivity index (χ2n) is 3.95. The van der Waals surface area contributed by atoms with Crippen molar-refractivity contribution in [2.75, 3.05) is 11.9 Å². The van der Waals surface area contributed by atoms with Crippen molar-refractivity contribution in [3.8, 4) is 0 Å². The van der Waals surface area contributed by atoms with E-state index in [4.69, 9.17) is 0 Å². The van der Waals surface area contributed by atoms with Gasteiger partial charge in [-0.15, -0.1) is 6.58 Å². The van der Waals surface area contributed by atoms with Gasteiger partial charge in [-0.05, 0) is 25.5 Å². The van der Waals surface area contributed by atoms with E-state index in [1.165, 1.54) is 26.0 Å². The number of hydrogen-bond donors (Lipinski definition) is 2. The molecule has 0 aliphatic carbocycles. The van der Waals surface area contributed by atoms with Crippen LogP contribution in [0.5, 0.6) is 0 Å². The normalized spacial score (nSPS) is 11.8. The maximum atomic E-state index is 13.7. The molecule has 0 bridgehead atoms. The molecule has 0 fully saturated rings. The van der Waals surface area contributed by atoms with Crippen molar-refractivity contribution in [1.29, 1.82) is 0 Å². The van der Waals surface area contributed by atoms with E-state index in [1.54, 1.807) is 0 Å². The fourth-order valence-electron chi connectivity index (χ4n) is 1.40. The van der Waals surface area contributed by atoms with Gasteiger partial charge in [0, 0.05) is 6.54 Å². The Morgan fingerprint density at radius 1 is 1.50 bits per heavy atom. The second kappa shape index (κ2) is 6.14. The van der Waals surface area contributed by atoms with Gasteiger partial charge in [0.05, 0.1) is 0 Å². The largest absolute Gasteiger partial charge is 0.369 e. The van der Waals surface area contributed by atoms with Crippen molar-refractivity contribution in [1.82, 2.24) is 5.32 Å². The van der Waals surface area contributed by atoms with Crippen LogP contribution in [0.15, 0.2) is 24.8 Å². The molecule has 5 heteroatoms. The van der Waals surface area contributed by atoms with Crippen LogP contribution in [0.1, 0.15) is 12.5 Å². The average Bonchev–Trinajstić information content (AvgIpc) is 2.36. The van der Waals surface area contributed by atoms with E-state index >= 15 is 0 Å². The van der Waals surface area contributed by atoms with Gasteiger partial charge >= 0.3 is 0 Å². The second-order valence-corrected chi connectivity index (χ2v) is 3.95. The van der Waals surface area contributed by atoms with Crippen molar-refractivity contribution in [3.05, 3.63) is 42.0 Å². The highest BCUT2D eigenvalue weighted by molar-refractivity contribution is 5.84. The van der Waals surface area contributed by atoms with E-state index in [0.717, 1.165) is 6.07 Å². The maximum Gasteiger partial charge on any atom is 0.242 e. The van der Waals surface area contributed by atoms with E-state index in [0.29, 0.717) is 12.1 Å². The summed E-state index contributed by atoms with van der Waals surface area (Å²) in [5.41, 5.74) is 0.0360. The lowest BCUT2D eigenvalue weighted by molar-refractivity contribution is -0.121. The van der Waals surface area contributed by atoms with Gasteiger partial charge < -0.3 is 10.6 Å². The molecule has 2 N–H and O–H groups in total. The molecule has 0 saturated carbocycles. The average molecular weight is 254 g/mol. The summed E-state index contributed by atoms with van der Waals surface area (Å²) in [5.74, 6) is -1.75. The number of halogens is 2. The lowest BCUT2D eigenvalue weighted by Gasteiger charge is -2.16. The number of carbonyl (C=O) groups excluding carboxylic acids is 1. The minimum absolute atomic E-state index is 0.281. The highest BCUT2D eigenvalue weighted by Crippen LogP contribution is 2.22. The van der Waals surface area contributed by atoms with Crippen LogP contribution < -0.4 is 10.6 Å². The minimum Gasteiger partial charge on any atom is -0.369 e. The van der Waals surface area contributed by atoms with Crippen molar-refractivity contribution in [2.45, 2.75) is 19.9 Å². The van der Waals surface area contributed by atoms with Crippen LogP contribution in [0.25, 0.3) is 0 Å². The van der Waals surface area contributed by atoms with E-state index < -0.39 is 17.7 Å². The third-order valence-corrected chi connectivity index (χ3v) is 2.46. The third kappa shape index (κ3) is 3.29. The molecular weight excluding hydrogens is 238 g/mol. The summed E-state index contributed by atoms with van der Waals surface area (Å²) in [7, 11) is 0. The topological polar surface area (TPSA) is 41.1 Å². The fraction of sp³-hybridized carbons (Fsp3) is 0.308. The molecular formula is C13H16F2N2O. The first-order chi connectivity index (χ1) is 8.47. The molecule has 1 aromatic carbocycles. The van der Waals surface area contributed by atoms with Crippen LogP contribution in [0.2, 0.25) is 0 Å². The summed E-state index contributed by atoms with van der Waals surface area (Å²) >= 11 is 0.